The Morgan fingerprint density at radius 1 is 1.36 bits per heavy atom. The van der Waals surface area contributed by atoms with E-state index in [0.29, 0.717) is 24.7 Å². The molecule has 0 saturated heterocycles. The van der Waals surface area contributed by atoms with Crippen molar-refractivity contribution in [3.8, 4) is 11.5 Å². The van der Waals surface area contributed by atoms with Gasteiger partial charge >= 0.3 is 5.97 Å². The van der Waals surface area contributed by atoms with Gasteiger partial charge in [-0.1, -0.05) is 5.21 Å². The number of methoxy groups -OCH3 is 1. The van der Waals surface area contributed by atoms with E-state index in [1.807, 2.05) is 0 Å². The summed E-state index contributed by atoms with van der Waals surface area (Å²) in [5.74, 6) is 0.372. The third-order valence-electron chi connectivity index (χ3n) is 2.88. The van der Waals surface area contributed by atoms with Gasteiger partial charge in [-0.05, 0) is 6.92 Å². The van der Waals surface area contributed by atoms with Crippen molar-refractivity contribution < 1.29 is 19.0 Å². The highest BCUT2D eigenvalue weighted by atomic mass is 16.5. The van der Waals surface area contributed by atoms with Crippen LogP contribution in [0.4, 0.5) is 5.69 Å². The number of aromatic nitrogens is 3. The van der Waals surface area contributed by atoms with Crippen molar-refractivity contribution in [1.29, 1.82) is 0 Å². The Hall–Kier alpha value is -2.77. The van der Waals surface area contributed by atoms with Crippen LogP contribution in [0.25, 0.3) is 0 Å². The lowest BCUT2D eigenvalue weighted by Crippen LogP contribution is -2.11. The molecule has 8 heteroatoms. The fraction of sp³-hybridized carbons (Fsp3) is 0.357. The first-order chi connectivity index (χ1) is 10.7. The second kappa shape index (κ2) is 7.30. The van der Waals surface area contributed by atoms with Gasteiger partial charge in [0.05, 0.1) is 37.7 Å². The van der Waals surface area contributed by atoms with Crippen LogP contribution in [0.3, 0.4) is 0 Å². The molecule has 118 valence electrons. The fourth-order valence-corrected chi connectivity index (χ4v) is 1.83. The second-order valence-electron chi connectivity index (χ2n) is 4.33. The molecule has 2 aromatic rings. The molecule has 0 unspecified atom stereocenters. The molecule has 22 heavy (non-hydrogen) atoms. The molecule has 0 bridgehead atoms. The molecule has 0 radical (unpaired) electrons. The largest absolute Gasteiger partial charge is 0.493 e. The van der Waals surface area contributed by atoms with Crippen molar-refractivity contribution in [2.45, 2.75) is 13.5 Å². The standard InChI is InChI=1S/C14H18N4O4/c1-3-21-14(19)10-8-12(20-2)13(9-11(10)15)22-7-6-18-5-4-16-17-18/h4-5,8-9H,3,6-7,15H2,1-2H3. The van der Waals surface area contributed by atoms with Crippen LogP contribution >= 0.6 is 0 Å². The van der Waals surface area contributed by atoms with Crippen LogP contribution in [0.15, 0.2) is 24.5 Å². The van der Waals surface area contributed by atoms with E-state index in [0.717, 1.165) is 0 Å². The van der Waals surface area contributed by atoms with E-state index in [-0.39, 0.29) is 17.9 Å². The Morgan fingerprint density at radius 3 is 2.82 bits per heavy atom. The number of ether oxygens (including phenoxy) is 3. The summed E-state index contributed by atoms with van der Waals surface area (Å²) in [6, 6.07) is 3.06. The minimum Gasteiger partial charge on any atom is -0.493 e. The van der Waals surface area contributed by atoms with Gasteiger partial charge in [-0.2, -0.15) is 0 Å². The van der Waals surface area contributed by atoms with Gasteiger partial charge in [-0.25, -0.2) is 9.48 Å². The van der Waals surface area contributed by atoms with Gasteiger partial charge < -0.3 is 19.9 Å². The minimum atomic E-state index is -0.493. The summed E-state index contributed by atoms with van der Waals surface area (Å²) >= 11 is 0. The molecular formula is C14H18N4O4. The first-order valence-electron chi connectivity index (χ1n) is 6.77. The van der Waals surface area contributed by atoms with Crippen LogP contribution in [-0.2, 0) is 11.3 Å². The monoisotopic (exact) mass is 306 g/mol. The number of rotatable bonds is 7. The zero-order chi connectivity index (χ0) is 15.9. The molecule has 1 aromatic carbocycles. The third-order valence-corrected chi connectivity index (χ3v) is 2.88. The van der Waals surface area contributed by atoms with Crippen LogP contribution < -0.4 is 15.2 Å². The van der Waals surface area contributed by atoms with Gasteiger partial charge in [0.2, 0.25) is 0 Å². The molecule has 0 amide bonds. The third kappa shape index (κ3) is 3.66. The van der Waals surface area contributed by atoms with Crippen molar-refractivity contribution in [3.63, 3.8) is 0 Å². The number of anilines is 1. The first kappa shape index (κ1) is 15.6. The Kier molecular flexibility index (Phi) is 5.18. The normalized spacial score (nSPS) is 10.3. The Balaban J connectivity index is 2.10. The zero-order valence-electron chi connectivity index (χ0n) is 12.5. The molecule has 0 spiro atoms. The van der Waals surface area contributed by atoms with Crippen LogP contribution in [0.1, 0.15) is 17.3 Å². The summed E-state index contributed by atoms with van der Waals surface area (Å²) < 4.78 is 17.5. The number of hydrogen-bond acceptors (Lipinski definition) is 7. The van der Waals surface area contributed by atoms with Gasteiger partial charge in [0.25, 0.3) is 0 Å². The Bertz CT molecular complexity index is 628. The quantitative estimate of drug-likeness (QED) is 0.604. The SMILES string of the molecule is CCOC(=O)c1cc(OC)c(OCCn2ccnn2)cc1N. The summed E-state index contributed by atoms with van der Waals surface area (Å²) in [4.78, 5) is 11.8. The lowest BCUT2D eigenvalue weighted by molar-refractivity contribution is 0.0527. The number of nitrogens with zero attached hydrogens (tertiary/aromatic N) is 3. The smallest absolute Gasteiger partial charge is 0.340 e. The maximum atomic E-state index is 11.8. The van der Waals surface area contributed by atoms with Crippen molar-refractivity contribution in [2.75, 3.05) is 26.1 Å². The molecule has 1 heterocycles. The van der Waals surface area contributed by atoms with Gasteiger partial charge in [0, 0.05) is 18.3 Å². The molecule has 0 aliphatic heterocycles. The fourth-order valence-electron chi connectivity index (χ4n) is 1.83. The topological polar surface area (TPSA) is 101 Å². The van der Waals surface area contributed by atoms with Gasteiger partial charge in [-0.15, -0.1) is 5.10 Å². The molecule has 8 nitrogen and oxygen atoms in total. The van der Waals surface area contributed by atoms with Crippen molar-refractivity contribution >= 4 is 11.7 Å². The Labute approximate surface area is 127 Å². The van der Waals surface area contributed by atoms with Crippen LogP contribution in [0.5, 0.6) is 11.5 Å². The van der Waals surface area contributed by atoms with E-state index in [1.54, 1.807) is 30.1 Å². The van der Waals surface area contributed by atoms with Gasteiger partial charge in [0.1, 0.15) is 6.61 Å². The number of benzene rings is 1. The first-order valence-corrected chi connectivity index (χ1v) is 6.77. The number of nitrogens with two attached hydrogens (primary N) is 1. The Morgan fingerprint density at radius 2 is 2.18 bits per heavy atom. The number of carbonyl (C=O) groups is 1. The highest BCUT2D eigenvalue weighted by molar-refractivity contribution is 5.96. The van der Waals surface area contributed by atoms with E-state index in [2.05, 4.69) is 10.3 Å². The van der Waals surface area contributed by atoms with Gasteiger partial charge in [0.15, 0.2) is 11.5 Å². The maximum Gasteiger partial charge on any atom is 0.340 e. The number of nitrogen functional groups attached to an aromatic ring is 1. The molecular weight excluding hydrogens is 288 g/mol. The molecule has 0 fully saturated rings. The van der Waals surface area contributed by atoms with Crippen LogP contribution in [-0.4, -0.2) is 41.3 Å². The molecule has 2 N–H and O–H groups in total. The molecule has 0 saturated carbocycles. The molecule has 2 rings (SSSR count). The highest BCUT2D eigenvalue weighted by Crippen LogP contribution is 2.32. The summed E-state index contributed by atoms with van der Waals surface area (Å²) in [5, 5.41) is 7.54. The summed E-state index contributed by atoms with van der Waals surface area (Å²) in [6.45, 7) is 2.89. The van der Waals surface area contributed by atoms with E-state index in [9.17, 15) is 4.79 Å². The molecule has 0 aliphatic rings. The van der Waals surface area contributed by atoms with Gasteiger partial charge in [-0.3, -0.25) is 0 Å². The van der Waals surface area contributed by atoms with Crippen LogP contribution in [0.2, 0.25) is 0 Å². The minimum absolute atomic E-state index is 0.252. The lowest BCUT2D eigenvalue weighted by atomic mass is 10.1. The number of carbonyl (C=O) groups excluding carboxylic acids is 1. The van der Waals surface area contributed by atoms with E-state index in [4.69, 9.17) is 19.9 Å². The summed E-state index contributed by atoms with van der Waals surface area (Å²) in [5.41, 5.74) is 6.40. The molecule has 1 aromatic heterocycles. The van der Waals surface area contributed by atoms with E-state index < -0.39 is 5.97 Å². The zero-order valence-corrected chi connectivity index (χ0v) is 12.5. The van der Waals surface area contributed by atoms with E-state index in [1.165, 1.54) is 13.2 Å². The van der Waals surface area contributed by atoms with Crippen molar-refractivity contribution in [1.82, 2.24) is 15.0 Å². The molecule has 0 atom stereocenters. The predicted octanol–water partition coefficient (Wildman–Crippen LogP) is 1.12. The summed E-state index contributed by atoms with van der Waals surface area (Å²) in [7, 11) is 1.49. The molecule has 0 aliphatic carbocycles. The van der Waals surface area contributed by atoms with Crippen molar-refractivity contribution in [2.24, 2.45) is 0 Å². The average molecular weight is 306 g/mol. The van der Waals surface area contributed by atoms with Crippen LogP contribution in [0, 0.1) is 0 Å². The van der Waals surface area contributed by atoms with Crippen molar-refractivity contribution in [3.05, 3.63) is 30.1 Å². The van der Waals surface area contributed by atoms with E-state index >= 15 is 0 Å². The average Bonchev–Trinajstić information content (AvgIpc) is 3.01. The maximum absolute atomic E-state index is 11.8. The predicted molar refractivity (Wildman–Crippen MR) is 78.9 cm³/mol. The second-order valence-corrected chi connectivity index (χ2v) is 4.33. The lowest BCUT2D eigenvalue weighted by Gasteiger charge is -2.13. The highest BCUT2D eigenvalue weighted by Gasteiger charge is 2.16. The number of hydrogen-bond donors (Lipinski definition) is 1. The number of esters is 1. The summed E-state index contributed by atoms with van der Waals surface area (Å²) in [6.07, 6.45) is 3.32.